The summed E-state index contributed by atoms with van der Waals surface area (Å²) in [7, 11) is 0. The molecule has 34 heavy (non-hydrogen) atoms. The van der Waals surface area contributed by atoms with Crippen molar-refractivity contribution in [1.82, 2.24) is 19.9 Å². The second-order valence-electron chi connectivity index (χ2n) is 8.02. The summed E-state index contributed by atoms with van der Waals surface area (Å²) in [6.07, 6.45) is 3.73. The monoisotopic (exact) mass is 436 g/mol. The quantitative estimate of drug-likeness (QED) is 0.296. The Morgan fingerprint density at radius 1 is 0.412 bits per heavy atom. The van der Waals surface area contributed by atoms with E-state index in [1.807, 2.05) is 73.1 Å². The molecule has 0 aliphatic heterocycles. The first-order valence-electron chi connectivity index (χ1n) is 11.2. The zero-order valence-corrected chi connectivity index (χ0v) is 18.3. The summed E-state index contributed by atoms with van der Waals surface area (Å²) in [5.74, 6) is 1.98. The minimum absolute atomic E-state index is 0.654. The van der Waals surface area contributed by atoms with Gasteiger partial charge in [0.1, 0.15) is 0 Å². The van der Waals surface area contributed by atoms with Crippen molar-refractivity contribution in [2.75, 3.05) is 0 Å². The van der Waals surface area contributed by atoms with E-state index in [0.717, 1.165) is 27.6 Å². The summed E-state index contributed by atoms with van der Waals surface area (Å²) in [6.45, 7) is 0. The van der Waals surface area contributed by atoms with E-state index >= 15 is 0 Å². The molecule has 4 nitrogen and oxygen atoms in total. The van der Waals surface area contributed by atoms with Gasteiger partial charge in [0.15, 0.2) is 17.5 Å². The van der Waals surface area contributed by atoms with Gasteiger partial charge in [0.25, 0.3) is 0 Å². The van der Waals surface area contributed by atoms with Crippen LogP contribution in [0, 0.1) is 0 Å². The summed E-state index contributed by atoms with van der Waals surface area (Å²) >= 11 is 0. The number of benzene rings is 4. The number of pyridine rings is 1. The molecule has 160 valence electrons. The summed E-state index contributed by atoms with van der Waals surface area (Å²) in [5, 5.41) is 2.31. The van der Waals surface area contributed by atoms with E-state index in [9.17, 15) is 0 Å². The molecule has 0 aliphatic rings. The minimum atomic E-state index is 0.654. The topological polar surface area (TPSA) is 51.6 Å². The van der Waals surface area contributed by atoms with Crippen LogP contribution in [0.3, 0.4) is 0 Å². The highest BCUT2D eigenvalue weighted by Gasteiger charge is 2.12. The smallest absolute Gasteiger partial charge is 0.164 e. The molecule has 0 saturated carbocycles. The fourth-order valence-electron chi connectivity index (χ4n) is 4.11. The average molecular weight is 437 g/mol. The molecule has 0 aliphatic carbocycles. The first-order valence-corrected chi connectivity index (χ1v) is 11.2. The molecule has 4 heteroatoms. The lowest BCUT2D eigenvalue weighted by Gasteiger charge is -2.10. The van der Waals surface area contributed by atoms with Crippen LogP contribution in [-0.2, 0) is 0 Å². The Morgan fingerprint density at radius 3 is 1.53 bits per heavy atom. The molecule has 2 heterocycles. The second kappa shape index (κ2) is 8.68. The molecule has 0 unspecified atom stereocenters. The largest absolute Gasteiger partial charge is 0.264 e. The van der Waals surface area contributed by atoms with Gasteiger partial charge in [-0.15, -0.1) is 0 Å². The van der Waals surface area contributed by atoms with Crippen LogP contribution in [0.1, 0.15) is 0 Å². The highest BCUT2D eigenvalue weighted by atomic mass is 15.0. The number of fused-ring (bicyclic) bond motifs is 1. The normalized spacial score (nSPS) is 10.9. The van der Waals surface area contributed by atoms with Crippen molar-refractivity contribution in [3.63, 3.8) is 0 Å². The third kappa shape index (κ3) is 3.82. The Morgan fingerprint density at radius 2 is 0.941 bits per heavy atom. The van der Waals surface area contributed by atoms with Crippen LogP contribution in [0.25, 0.3) is 56.1 Å². The van der Waals surface area contributed by atoms with Crippen LogP contribution in [0.4, 0.5) is 0 Å². The van der Waals surface area contributed by atoms with Crippen molar-refractivity contribution in [2.45, 2.75) is 0 Å². The standard InChI is InChI=1S/C30H20N4/c1-3-8-22(9-4-1)28-32-29(23-10-5-2-6-11-23)34-30(33-28)24-16-14-21(15-17-24)26-13-7-12-25-20-31-19-18-27(25)26/h1-20H. The molecule has 0 bridgehead atoms. The Kier molecular flexibility index (Phi) is 5.09. The maximum atomic E-state index is 4.82. The van der Waals surface area contributed by atoms with Gasteiger partial charge < -0.3 is 0 Å². The molecule has 0 fully saturated rings. The maximum absolute atomic E-state index is 4.82. The molecule has 0 saturated heterocycles. The van der Waals surface area contributed by atoms with E-state index in [1.165, 1.54) is 10.9 Å². The van der Waals surface area contributed by atoms with Crippen molar-refractivity contribution in [3.05, 3.63) is 122 Å². The fourth-order valence-corrected chi connectivity index (χ4v) is 4.11. The molecule has 6 aromatic rings. The SMILES string of the molecule is c1ccc(-c2nc(-c3ccccc3)nc(-c3ccc(-c4cccc5cnccc45)cc3)n2)cc1. The lowest BCUT2D eigenvalue weighted by Crippen LogP contribution is -2.00. The first-order chi connectivity index (χ1) is 16.8. The van der Waals surface area contributed by atoms with Gasteiger partial charge in [0.05, 0.1) is 0 Å². The van der Waals surface area contributed by atoms with Gasteiger partial charge in [-0.25, -0.2) is 15.0 Å². The van der Waals surface area contributed by atoms with E-state index in [-0.39, 0.29) is 0 Å². The van der Waals surface area contributed by atoms with E-state index in [1.54, 1.807) is 0 Å². The molecule has 2 aromatic heterocycles. The molecule has 0 spiro atoms. The van der Waals surface area contributed by atoms with Crippen molar-refractivity contribution in [2.24, 2.45) is 0 Å². The summed E-state index contributed by atoms with van der Waals surface area (Å²) in [4.78, 5) is 18.7. The van der Waals surface area contributed by atoms with Crippen LogP contribution in [0.5, 0.6) is 0 Å². The average Bonchev–Trinajstić information content (AvgIpc) is 2.93. The van der Waals surface area contributed by atoms with E-state index < -0.39 is 0 Å². The summed E-state index contributed by atoms with van der Waals surface area (Å²) < 4.78 is 0. The van der Waals surface area contributed by atoms with E-state index in [0.29, 0.717) is 17.5 Å². The summed E-state index contributed by atoms with van der Waals surface area (Å²) in [6, 6.07) is 36.8. The Hall–Kier alpha value is -4.70. The molecule has 4 aromatic carbocycles. The third-order valence-corrected chi connectivity index (χ3v) is 5.83. The number of nitrogens with zero attached hydrogens (tertiary/aromatic N) is 4. The van der Waals surface area contributed by atoms with Crippen molar-refractivity contribution < 1.29 is 0 Å². The van der Waals surface area contributed by atoms with Gasteiger partial charge >= 0.3 is 0 Å². The Balaban J connectivity index is 1.45. The van der Waals surface area contributed by atoms with E-state index in [2.05, 4.69) is 53.5 Å². The predicted molar refractivity (Wildman–Crippen MR) is 137 cm³/mol. The molecular weight excluding hydrogens is 416 g/mol. The third-order valence-electron chi connectivity index (χ3n) is 5.83. The molecule has 0 amide bonds. The van der Waals surface area contributed by atoms with Crippen LogP contribution in [0.2, 0.25) is 0 Å². The van der Waals surface area contributed by atoms with Crippen LogP contribution in [-0.4, -0.2) is 19.9 Å². The minimum Gasteiger partial charge on any atom is -0.264 e. The van der Waals surface area contributed by atoms with Gasteiger partial charge in [-0.2, -0.15) is 0 Å². The molecule has 0 atom stereocenters. The van der Waals surface area contributed by atoms with Crippen LogP contribution in [0.15, 0.2) is 122 Å². The Labute approximate surface area is 197 Å². The first kappa shape index (κ1) is 19.9. The highest BCUT2D eigenvalue weighted by Crippen LogP contribution is 2.30. The number of aromatic nitrogens is 4. The van der Waals surface area contributed by atoms with Gasteiger partial charge in [0.2, 0.25) is 0 Å². The zero-order chi connectivity index (χ0) is 22.7. The molecular formula is C30H20N4. The zero-order valence-electron chi connectivity index (χ0n) is 18.3. The Bertz CT molecular complexity index is 1520. The van der Waals surface area contributed by atoms with Crippen molar-refractivity contribution >= 4 is 10.8 Å². The molecule has 6 rings (SSSR count). The lowest BCUT2D eigenvalue weighted by molar-refractivity contribution is 1.07. The van der Waals surface area contributed by atoms with Crippen molar-refractivity contribution in [1.29, 1.82) is 0 Å². The molecule has 0 radical (unpaired) electrons. The molecule has 0 N–H and O–H groups in total. The second-order valence-corrected chi connectivity index (χ2v) is 8.02. The van der Waals surface area contributed by atoms with Gasteiger partial charge in [0, 0.05) is 34.5 Å². The lowest BCUT2D eigenvalue weighted by atomic mass is 9.98. The van der Waals surface area contributed by atoms with Gasteiger partial charge in [-0.3, -0.25) is 4.98 Å². The van der Waals surface area contributed by atoms with Gasteiger partial charge in [-0.05, 0) is 22.6 Å². The summed E-state index contributed by atoms with van der Waals surface area (Å²) in [5.41, 5.74) is 5.19. The van der Waals surface area contributed by atoms with E-state index in [4.69, 9.17) is 15.0 Å². The number of hydrogen-bond donors (Lipinski definition) is 0. The fraction of sp³-hybridized carbons (Fsp3) is 0. The van der Waals surface area contributed by atoms with Crippen LogP contribution >= 0.6 is 0 Å². The van der Waals surface area contributed by atoms with Gasteiger partial charge in [-0.1, -0.05) is 103 Å². The number of rotatable bonds is 4. The van der Waals surface area contributed by atoms with Crippen LogP contribution < -0.4 is 0 Å². The maximum Gasteiger partial charge on any atom is 0.164 e. The highest BCUT2D eigenvalue weighted by molar-refractivity contribution is 5.96. The predicted octanol–water partition coefficient (Wildman–Crippen LogP) is 7.09. The number of hydrogen-bond acceptors (Lipinski definition) is 4. The van der Waals surface area contributed by atoms with Crippen molar-refractivity contribution in [3.8, 4) is 45.3 Å².